The Hall–Kier alpha value is -1.23. The van der Waals surface area contributed by atoms with Crippen LogP contribution in [0.25, 0.3) is 0 Å². The summed E-state index contributed by atoms with van der Waals surface area (Å²) in [6.45, 7) is 1.79. The molecule has 0 radical (unpaired) electrons. The maximum atomic E-state index is 12.2. The molecule has 0 saturated heterocycles. The van der Waals surface area contributed by atoms with Crippen molar-refractivity contribution < 1.29 is 13.2 Å². The molecule has 0 aliphatic carbocycles. The van der Waals surface area contributed by atoms with Crippen LogP contribution in [0.3, 0.4) is 0 Å². The summed E-state index contributed by atoms with van der Waals surface area (Å²) >= 11 is 0. The van der Waals surface area contributed by atoms with Gasteiger partial charge in [-0.3, -0.25) is 4.90 Å². The van der Waals surface area contributed by atoms with Crippen molar-refractivity contribution in [3.05, 3.63) is 29.8 Å². The van der Waals surface area contributed by atoms with Crippen LogP contribution in [0.15, 0.2) is 24.3 Å². The predicted molar refractivity (Wildman–Crippen MR) is 67.3 cm³/mol. The molecule has 1 rings (SSSR count). The fraction of sp³-hybridized carbons (Fsp3) is 0.538. The Morgan fingerprint density at radius 2 is 1.78 bits per heavy atom. The van der Waals surface area contributed by atoms with Crippen LogP contribution in [0.4, 0.5) is 18.9 Å². The minimum absolute atomic E-state index is 0.418. The summed E-state index contributed by atoms with van der Waals surface area (Å²) in [5.74, 6) is 0. The van der Waals surface area contributed by atoms with Gasteiger partial charge in [0.15, 0.2) is 0 Å². The van der Waals surface area contributed by atoms with Gasteiger partial charge in [-0.2, -0.15) is 13.2 Å². The van der Waals surface area contributed by atoms with Crippen molar-refractivity contribution in [1.29, 1.82) is 0 Å². The second-order valence-electron chi connectivity index (χ2n) is 4.33. The van der Waals surface area contributed by atoms with Crippen molar-refractivity contribution >= 4 is 5.69 Å². The Morgan fingerprint density at radius 1 is 1.17 bits per heavy atom. The van der Waals surface area contributed by atoms with E-state index >= 15 is 0 Å². The summed E-state index contributed by atoms with van der Waals surface area (Å²) in [6.07, 6.45) is -2.63. The standard InChI is InChI=1S/C13H19F3N2/c1-2-18(10-13(14,15)16)9-3-4-11-5-7-12(17)8-6-11/h5-8H,2-4,9-10,17H2,1H3. The molecule has 0 aliphatic rings. The van der Waals surface area contributed by atoms with E-state index in [-0.39, 0.29) is 0 Å². The highest BCUT2D eigenvalue weighted by atomic mass is 19.4. The lowest BCUT2D eigenvalue weighted by Gasteiger charge is -2.21. The van der Waals surface area contributed by atoms with Gasteiger partial charge in [-0.25, -0.2) is 0 Å². The molecule has 1 aromatic carbocycles. The molecule has 0 unspecified atom stereocenters. The van der Waals surface area contributed by atoms with Gasteiger partial charge in [0.2, 0.25) is 0 Å². The second-order valence-corrected chi connectivity index (χ2v) is 4.33. The number of benzene rings is 1. The van der Waals surface area contributed by atoms with E-state index in [1.165, 1.54) is 4.90 Å². The van der Waals surface area contributed by atoms with Crippen LogP contribution in [0, 0.1) is 0 Å². The van der Waals surface area contributed by atoms with E-state index in [1.807, 2.05) is 24.3 Å². The first-order valence-corrected chi connectivity index (χ1v) is 6.04. The smallest absolute Gasteiger partial charge is 0.399 e. The fourth-order valence-corrected chi connectivity index (χ4v) is 1.79. The third-order valence-electron chi connectivity index (χ3n) is 2.77. The molecule has 0 amide bonds. The summed E-state index contributed by atoms with van der Waals surface area (Å²) < 4.78 is 36.7. The molecule has 0 fully saturated rings. The van der Waals surface area contributed by atoms with Crippen LogP contribution in [-0.2, 0) is 6.42 Å². The van der Waals surface area contributed by atoms with Gasteiger partial charge in [-0.15, -0.1) is 0 Å². The van der Waals surface area contributed by atoms with Gasteiger partial charge < -0.3 is 5.73 Å². The Balaban J connectivity index is 2.33. The molecule has 102 valence electrons. The molecule has 18 heavy (non-hydrogen) atoms. The molecular weight excluding hydrogens is 241 g/mol. The molecule has 0 atom stereocenters. The maximum absolute atomic E-state index is 12.2. The lowest BCUT2D eigenvalue weighted by molar-refractivity contribution is -0.145. The Kier molecular flexibility index (Phi) is 5.47. The number of hydrogen-bond donors (Lipinski definition) is 1. The first-order valence-electron chi connectivity index (χ1n) is 6.04. The van der Waals surface area contributed by atoms with E-state index in [2.05, 4.69) is 0 Å². The molecule has 0 aromatic heterocycles. The van der Waals surface area contributed by atoms with Crippen molar-refractivity contribution in [2.24, 2.45) is 0 Å². The molecule has 0 saturated carbocycles. The number of rotatable bonds is 6. The molecule has 2 nitrogen and oxygen atoms in total. The summed E-state index contributed by atoms with van der Waals surface area (Å²) in [5.41, 5.74) is 7.37. The average molecular weight is 260 g/mol. The van der Waals surface area contributed by atoms with E-state index in [1.54, 1.807) is 6.92 Å². The van der Waals surface area contributed by atoms with E-state index in [0.29, 0.717) is 25.2 Å². The number of alkyl halides is 3. The van der Waals surface area contributed by atoms with Gasteiger partial charge in [0.25, 0.3) is 0 Å². The van der Waals surface area contributed by atoms with Crippen LogP contribution in [-0.4, -0.2) is 30.7 Å². The minimum Gasteiger partial charge on any atom is -0.399 e. The number of nitrogen functional groups attached to an aromatic ring is 1. The van der Waals surface area contributed by atoms with Gasteiger partial charge in [-0.1, -0.05) is 19.1 Å². The minimum atomic E-state index is -4.11. The van der Waals surface area contributed by atoms with Crippen LogP contribution >= 0.6 is 0 Å². The first kappa shape index (κ1) is 14.8. The molecule has 5 heteroatoms. The topological polar surface area (TPSA) is 29.3 Å². The molecule has 2 N–H and O–H groups in total. The number of aryl methyl sites for hydroxylation is 1. The van der Waals surface area contributed by atoms with Crippen molar-refractivity contribution in [2.45, 2.75) is 25.9 Å². The van der Waals surface area contributed by atoms with E-state index in [4.69, 9.17) is 5.73 Å². The Morgan fingerprint density at radius 3 is 2.28 bits per heavy atom. The lowest BCUT2D eigenvalue weighted by Crippen LogP contribution is -2.34. The molecule has 0 spiro atoms. The van der Waals surface area contributed by atoms with Crippen LogP contribution in [0.5, 0.6) is 0 Å². The summed E-state index contributed by atoms with van der Waals surface area (Å²) in [7, 11) is 0. The Bertz CT molecular complexity index is 346. The number of nitrogens with zero attached hydrogens (tertiary/aromatic N) is 1. The molecule has 1 aromatic rings. The van der Waals surface area contributed by atoms with Crippen LogP contribution in [0.1, 0.15) is 18.9 Å². The number of hydrogen-bond acceptors (Lipinski definition) is 2. The molecule has 0 aliphatic heterocycles. The zero-order chi connectivity index (χ0) is 13.6. The van der Waals surface area contributed by atoms with Gasteiger partial charge in [0.1, 0.15) is 0 Å². The summed E-state index contributed by atoms with van der Waals surface area (Å²) in [6, 6.07) is 7.44. The summed E-state index contributed by atoms with van der Waals surface area (Å²) in [5, 5.41) is 0. The second kappa shape index (κ2) is 6.64. The van der Waals surface area contributed by atoms with Gasteiger partial charge in [0.05, 0.1) is 6.54 Å². The van der Waals surface area contributed by atoms with Gasteiger partial charge in [-0.05, 0) is 43.6 Å². The van der Waals surface area contributed by atoms with Crippen LogP contribution in [0.2, 0.25) is 0 Å². The lowest BCUT2D eigenvalue weighted by atomic mass is 10.1. The van der Waals surface area contributed by atoms with Crippen molar-refractivity contribution in [3.8, 4) is 0 Å². The zero-order valence-corrected chi connectivity index (χ0v) is 10.5. The predicted octanol–water partition coefficient (Wildman–Crippen LogP) is 3.09. The largest absolute Gasteiger partial charge is 0.401 e. The first-order chi connectivity index (χ1) is 8.40. The highest BCUT2D eigenvalue weighted by Crippen LogP contribution is 2.16. The van der Waals surface area contributed by atoms with E-state index < -0.39 is 12.7 Å². The SMILES string of the molecule is CCN(CCCc1ccc(N)cc1)CC(F)(F)F. The third-order valence-corrected chi connectivity index (χ3v) is 2.77. The van der Waals surface area contributed by atoms with Crippen molar-refractivity contribution in [3.63, 3.8) is 0 Å². The maximum Gasteiger partial charge on any atom is 0.401 e. The van der Waals surface area contributed by atoms with Crippen molar-refractivity contribution in [1.82, 2.24) is 4.90 Å². The number of halogens is 3. The quantitative estimate of drug-likeness (QED) is 0.796. The fourth-order valence-electron chi connectivity index (χ4n) is 1.79. The normalized spacial score (nSPS) is 12.1. The molecule has 0 bridgehead atoms. The van der Waals surface area contributed by atoms with Gasteiger partial charge in [0, 0.05) is 5.69 Å². The highest BCUT2D eigenvalue weighted by Gasteiger charge is 2.29. The third kappa shape index (κ3) is 5.91. The number of nitrogens with two attached hydrogens (primary N) is 1. The molecular formula is C13H19F3N2. The van der Waals surface area contributed by atoms with Gasteiger partial charge >= 0.3 is 6.18 Å². The summed E-state index contributed by atoms with van der Waals surface area (Å²) in [4.78, 5) is 1.41. The Labute approximate surface area is 106 Å². The van der Waals surface area contributed by atoms with Crippen LogP contribution < -0.4 is 5.73 Å². The average Bonchev–Trinajstić information content (AvgIpc) is 2.29. The van der Waals surface area contributed by atoms with E-state index in [9.17, 15) is 13.2 Å². The number of anilines is 1. The monoisotopic (exact) mass is 260 g/mol. The van der Waals surface area contributed by atoms with E-state index in [0.717, 1.165) is 12.0 Å². The highest BCUT2D eigenvalue weighted by molar-refractivity contribution is 5.39. The van der Waals surface area contributed by atoms with Crippen molar-refractivity contribution in [2.75, 3.05) is 25.4 Å². The zero-order valence-electron chi connectivity index (χ0n) is 10.5. The molecule has 0 heterocycles.